The van der Waals surface area contributed by atoms with E-state index in [0.717, 1.165) is 25.9 Å². The zero-order valence-electron chi connectivity index (χ0n) is 12.5. The summed E-state index contributed by atoms with van der Waals surface area (Å²) in [5.41, 5.74) is -0.782. The van der Waals surface area contributed by atoms with E-state index in [2.05, 4.69) is 21.6 Å². The highest BCUT2D eigenvalue weighted by Crippen LogP contribution is 2.15. The lowest BCUT2D eigenvalue weighted by molar-refractivity contribution is -0.124. The molecule has 2 atom stereocenters. The summed E-state index contributed by atoms with van der Waals surface area (Å²) in [4.78, 5) is 14.2. The molecule has 1 amide bonds. The lowest BCUT2D eigenvalue weighted by Gasteiger charge is -2.33. The van der Waals surface area contributed by atoms with Crippen molar-refractivity contribution >= 4 is 5.91 Å². The highest BCUT2D eigenvalue weighted by Gasteiger charge is 2.31. The van der Waals surface area contributed by atoms with Crippen LogP contribution in [0.25, 0.3) is 0 Å². The number of carbonyl (C=O) groups is 1. The minimum Gasteiger partial charge on any atom is -0.337 e. The van der Waals surface area contributed by atoms with E-state index in [4.69, 9.17) is 0 Å². The number of likely N-dealkylation sites (tertiary alicyclic amines) is 1. The van der Waals surface area contributed by atoms with Gasteiger partial charge < -0.3 is 10.6 Å². The highest BCUT2D eigenvalue weighted by atomic mass is 16.2. The number of likely N-dealkylation sites (N-methyl/N-ethyl adjacent to an activating group) is 1. The van der Waals surface area contributed by atoms with E-state index in [1.807, 2.05) is 20.9 Å². The molecule has 0 spiro atoms. The van der Waals surface area contributed by atoms with Gasteiger partial charge in [0.2, 0.25) is 5.91 Å². The van der Waals surface area contributed by atoms with Crippen LogP contribution in [0.2, 0.25) is 0 Å². The summed E-state index contributed by atoms with van der Waals surface area (Å²) in [5.74, 6) is 0.0300. The molecule has 0 aliphatic carbocycles. The Hall–Kier alpha value is -1.12. The Morgan fingerprint density at radius 1 is 1.58 bits per heavy atom. The molecule has 5 heteroatoms. The average molecular weight is 266 g/mol. The van der Waals surface area contributed by atoms with Crippen LogP contribution < -0.4 is 10.6 Å². The molecule has 1 saturated heterocycles. The number of carbonyl (C=O) groups excluding carboxylic acids is 1. The molecule has 0 saturated carbocycles. The molecule has 0 radical (unpaired) electrons. The SMILES string of the molecule is CNC1CCCN(CC(=O)NC(C)(C#N)C(C)C)C1. The zero-order valence-corrected chi connectivity index (χ0v) is 12.5. The van der Waals surface area contributed by atoms with E-state index in [1.165, 1.54) is 0 Å². The lowest BCUT2D eigenvalue weighted by Crippen LogP contribution is -2.53. The summed E-state index contributed by atoms with van der Waals surface area (Å²) >= 11 is 0. The van der Waals surface area contributed by atoms with Crippen LogP contribution in [-0.2, 0) is 4.79 Å². The molecule has 0 bridgehead atoms. The van der Waals surface area contributed by atoms with Crippen molar-refractivity contribution in [1.29, 1.82) is 5.26 Å². The molecule has 2 N–H and O–H groups in total. The zero-order chi connectivity index (χ0) is 14.5. The first-order valence-electron chi connectivity index (χ1n) is 7.03. The van der Waals surface area contributed by atoms with Crippen LogP contribution in [0.5, 0.6) is 0 Å². The Morgan fingerprint density at radius 3 is 2.79 bits per heavy atom. The number of amides is 1. The molecule has 1 aliphatic heterocycles. The van der Waals surface area contributed by atoms with Gasteiger partial charge in [-0.1, -0.05) is 13.8 Å². The standard InChI is InChI=1S/C14H26N4O/c1-11(2)14(3,10-15)17-13(19)9-18-7-5-6-12(8-18)16-4/h11-12,16H,5-9H2,1-4H3,(H,17,19). The number of rotatable bonds is 5. The normalized spacial score (nSPS) is 23.7. The number of nitrogens with zero attached hydrogens (tertiary/aromatic N) is 2. The van der Waals surface area contributed by atoms with Gasteiger partial charge in [0, 0.05) is 12.6 Å². The second-order valence-corrected chi connectivity index (χ2v) is 5.88. The fraction of sp³-hybridized carbons (Fsp3) is 0.857. The van der Waals surface area contributed by atoms with Crippen molar-refractivity contribution in [3.8, 4) is 6.07 Å². The Morgan fingerprint density at radius 2 is 2.26 bits per heavy atom. The van der Waals surface area contributed by atoms with Crippen LogP contribution >= 0.6 is 0 Å². The van der Waals surface area contributed by atoms with E-state index in [-0.39, 0.29) is 11.8 Å². The number of hydrogen-bond donors (Lipinski definition) is 2. The van der Waals surface area contributed by atoms with E-state index < -0.39 is 5.54 Å². The summed E-state index contributed by atoms with van der Waals surface area (Å²) < 4.78 is 0. The van der Waals surface area contributed by atoms with Crippen LogP contribution in [-0.4, -0.2) is 49.1 Å². The van der Waals surface area contributed by atoms with E-state index >= 15 is 0 Å². The first kappa shape index (κ1) is 15.9. The Kier molecular flexibility index (Phi) is 5.77. The van der Waals surface area contributed by atoms with Gasteiger partial charge in [-0.2, -0.15) is 5.26 Å². The molecular formula is C14H26N4O. The van der Waals surface area contributed by atoms with Gasteiger partial charge in [-0.3, -0.25) is 9.69 Å². The minimum atomic E-state index is -0.782. The van der Waals surface area contributed by atoms with Gasteiger partial charge in [0.1, 0.15) is 5.54 Å². The van der Waals surface area contributed by atoms with Crippen LogP contribution in [0.3, 0.4) is 0 Å². The number of hydrogen-bond acceptors (Lipinski definition) is 4. The van der Waals surface area contributed by atoms with Crippen molar-refractivity contribution in [2.75, 3.05) is 26.7 Å². The smallest absolute Gasteiger partial charge is 0.235 e. The largest absolute Gasteiger partial charge is 0.337 e. The molecule has 1 heterocycles. The molecule has 5 nitrogen and oxygen atoms in total. The number of nitriles is 1. The van der Waals surface area contributed by atoms with Gasteiger partial charge in [0.25, 0.3) is 0 Å². The summed E-state index contributed by atoms with van der Waals surface area (Å²) in [6.07, 6.45) is 2.27. The van der Waals surface area contributed by atoms with Gasteiger partial charge >= 0.3 is 0 Å². The second kappa shape index (κ2) is 6.88. The van der Waals surface area contributed by atoms with Crippen molar-refractivity contribution in [2.45, 2.75) is 45.2 Å². The summed E-state index contributed by atoms with van der Waals surface area (Å²) in [7, 11) is 1.96. The number of piperidine rings is 1. The molecule has 108 valence electrons. The topological polar surface area (TPSA) is 68.2 Å². The summed E-state index contributed by atoms with van der Waals surface area (Å²) in [6, 6.07) is 2.67. The molecule has 0 aromatic heterocycles. The Labute approximate surface area is 116 Å². The van der Waals surface area contributed by atoms with Gasteiger partial charge in [-0.25, -0.2) is 0 Å². The van der Waals surface area contributed by atoms with E-state index in [0.29, 0.717) is 12.6 Å². The third kappa shape index (κ3) is 4.48. The van der Waals surface area contributed by atoms with Crippen molar-refractivity contribution in [1.82, 2.24) is 15.5 Å². The first-order chi connectivity index (χ1) is 8.91. The predicted molar refractivity (Wildman–Crippen MR) is 75.5 cm³/mol. The third-order valence-electron chi connectivity index (χ3n) is 4.07. The average Bonchev–Trinajstić information content (AvgIpc) is 2.38. The monoisotopic (exact) mass is 266 g/mol. The van der Waals surface area contributed by atoms with Gasteiger partial charge in [0.15, 0.2) is 0 Å². The Balaban J connectivity index is 2.49. The Bertz CT molecular complexity index is 350. The minimum absolute atomic E-state index is 0.0606. The van der Waals surface area contributed by atoms with Crippen molar-refractivity contribution in [3.05, 3.63) is 0 Å². The number of nitrogens with one attached hydrogen (secondary N) is 2. The van der Waals surface area contributed by atoms with Crippen molar-refractivity contribution in [2.24, 2.45) is 5.92 Å². The fourth-order valence-corrected chi connectivity index (χ4v) is 2.27. The molecule has 1 fully saturated rings. The summed E-state index contributed by atoms with van der Waals surface area (Å²) in [5, 5.41) is 15.3. The third-order valence-corrected chi connectivity index (χ3v) is 4.07. The van der Waals surface area contributed by atoms with Crippen LogP contribution in [0.1, 0.15) is 33.6 Å². The molecule has 0 aromatic carbocycles. The predicted octanol–water partition coefficient (Wildman–Crippen LogP) is 0.725. The lowest BCUT2D eigenvalue weighted by atomic mass is 9.90. The van der Waals surface area contributed by atoms with Crippen LogP contribution in [0, 0.1) is 17.2 Å². The van der Waals surface area contributed by atoms with Gasteiger partial charge in [-0.15, -0.1) is 0 Å². The highest BCUT2D eigenvalue weighted by molar-refractivity contribution is 5.79. The quantitative estimate of drug-likeness (QED) is 0.769. The second-order valence-electron chi connectivity index (χ2n) is 5.88. The van der Waals surface area contributed by atoms with E-state index in [9.17, 15) is 10.1 Å². The van der Waals surface area contributed by atoms with Gasteiger partial charge in [-0.05, 0) is 39.3 Å². The molecule has 19 heavy (non-hydrogen) atoms. The fourth-order valence-electron chi connectivity index (χ4n) is 2.27. The van der Waals surface area contributed by atoms with Crippen LogP contribution in [0.15, 0.2) is 0 Å². The maximum atomic E-state index is 12.1. The molecule has 0 aromatic rings. The maximum Gasteiger partial charge on any atom is 0.235 e. The molecule has 2 unspecified atom stereocenters. The maximum absolute atomic E-state index is 12.1. The van der Waals surface area contributed by atoms with E-state index in [1.54, 1.807) is 6.92 Å². The van der Waals surface area contributed by atoms with Crippen LogP contribution in [0.4, 0.5) is 0 Å². The molecule has 1 aliphatic rings. The molecular weight excluding hydrogens is 240 g/mol. The van der Waals surface area contributed by atoms with Crippen molar-refractivity contribution in [3.63, 3.8) is 0 Å². The van der Waals surface area contributed by atoms with Gasteiger partial charge in [0.05, 0.1) is 12.6 Å². The first-order valence-corrected chi connectivity index (χ1v) is 7.03. The summed E-state index contributed by atoms with van der Waals surface area (Å²) in [6.45, 7) is 7.90. The molecule has 1 rings (SSSR count). The van der Waals surface area contributed by atoms with Crippen molar-refractivity contribution < 1.29 is 4.79 Å².